The number of halogens is 1. The lowest BCUT2D eigenvalue weighted by molar-refractivity contribution is -0.117. The summed E-state index contributed by atoms with van der Waals surface area (Å²) < 4.78 is 7.43. The second-order valence-electron chi connectivity index (χ2n) is 10.5. The summed E-state index contributed by atoms with van der Waals surface area (Å²) >= 11 is 6.41. The van der Waals surface area contributed by atoms with Crippen molar-refractivity contribution in [3.05, 3.63) is 70.5 Å². The number of ether oxygens (including phenoxy) is 1. The third-order valence-electron chi connectivity index (χ3n) is 7.38. The van der Waals surface area contributed by atoms with E-state index in [0.29, 0.717) is 34.3 Å². The fraction of sp³-hybridized carbons (Fsp3) is 0.333. The zero-order chi connectivity index (χ0) is 29.1. The van der Waals surface area contributed by atoms with E-state index in [1.54, 1.807) is 25.4 Å². The predicted molar refractivity (Wildman–Crippen MR) is 160 cm³/mol. The van der Waals surface area contributed by atoms with E-state index in [1.165, 1.54) is 0 Å². The molecule has 0 atom stereocenters. The summed E-state index contributed by atoms with van der Waals surface area (Å²) in [4.78, 5) is 31.1. The molecule has 10 nitrogen and oxygen atoms in total. The molecule has 0 bridgehead atoms. The van der Waals surface area contributed by atoms with Gasteiger partial charge in [0.15, 0.2) is 0 Å². The van der Waals surface area contributed by atoms with Crippen molar-refractivity contribution in [3.63, 3.8) is 0 Å². The molecule has 11 heteroatoms. The largest absolute Gasteiger partial charge is 0.495 e. The highest BCUT2D eigenvalue weighted by Gasteiger charge is 2.20. The van der Waals surface area contributed by atoms with Crippen LogP contribution in [0.4, 0.5) is 11.5 Å². The maximum absolute atomic E-state index is 12.9. The highest BCUT2D eigenvalue weighted by atomic mass is 35.5. The van der Waals surface area contributed by atoms with Crippen molar-refractivity contribution in [2.75, 3.05) is 32.6 Å². The summed E-state index contributed by atoms with van der Waals surface area (Å²) in [6.45, 7) is 3.87. The number of aromatic nitrogens is 3. The maximum atomic E-state index is 12.9. The lowest BCUT2D eigenvalue weighted by Crippen LogP contribution is -2.43. The van der Waals surface area contributed by atoms with E-state index in [4.69, 9.17) is 27.2 Å². The minimum atomic E-state index is -0.366. The van der Waals surface area contributed by atoms with Gasteiger partial charge in [0.1, 0.15) is 11.6 Å². The van der Waals surface area contributed by atoms with Gasteiger partial charge in [-0.2, -0.15) is 5.10 Å². The number of rotatable bonds is 9. The molecule has 2 aromatic carbocycles. The van der Waals surface area contributed by atoms with Crippen molar-refractivity contribution in [3.8, 4) is 11.4 Å². The van der Waals surface area contributed by atoms with E-state index < -0.39 is 0 Å². The molecule has 1 aliphatic rings. The van der Waals surface area contributed by atoms with Gasteiger partial charge in [0.25, 0.3) is 5.91 Å². The smallest absolute Gasteiger partial charge is 0.251 e. The zero-order valence-corrected chi connectivity index (χ0v) is 24.2. The highest BCUT2D eigenvalue weighted by Crippen LogP contribution is 2.31. The molecule has 4 N–H and O–H groups in total. The van der Waals surface area contributed by atoms with Crippen molar-refractivity contribution in [2.24, 2.45) is 5.73 Å². The number of aryl methyl sites for hydroxylation is 2. The Morgan fingerprint density at radius 1 is 1.15 bits per heavy atom. The Balaban J connectivity index is 1.39. The second-order valence-corrected chi connectivity index (χ2v) is 10.9. The first kappa shape index (κ1) is 28.4. The average molecular weight is 576 g/mol. The van der Waals surface area contributed by atoms with Gasteiger partial charge in [-0.1, -0.05) is 11.6 Å². The van der Waals surface area contributed by atoms with E-state index in [0.717, 1.165) is 53.8 Å². The first-order chi connectivity index (χ1) is 19.7. The number of hydrogen-bond acceptors (Lipinski definition) is 7. The molecule has 214 valence electrons. The number of piperidine rings is 1. The number of primary amides is 1. The molecule has 0 aliphatic carbocycles. The minimum Gasteiger partial charge on any atom is -0.495 e. The zero-order valence-electron chi connectivity index (χ0n) is 23.4. The van der Waals surface area contributed by atoms with Crippen LogP contribution in [0.2, 0.25) is 5.02 Å². The molecule has 41 heavy (non-hydrogen) atoms. The van der Waals surface area contributed by atoms with Crippen LogP contribution in [0.15, 0.2) is 48.7 Å². The summed E-state index contributed by atoms with van der Waals surface area (Å²) in [6.07, 6.45) is 4.36. The number of nitrogens with zero attached hydrogens (tertiary/aromatic N) is 4. The van der Waals surface area contributed by atoms with E-state index in [-0.39, 0.29) is 24.3 Å². The molecule has 0 spiro atoms. The second kappa shape index (κ2) is 12.2. The fourth-order valence-electron chi connectivity index (χ4n) is 5.08. The van der Waals surface area contributed by atoms with Crippen molar-refractivity contribution in [2.45, 2.75) is 38.6 Å². The molecule has 1 aliphatic heterocycles. The van der Waals surface area contributed by atoms with Crippen LogP contribution >= 0.6 is 11.6 Å². The summed E-state index contributed by atoms with van der Waals surface area (Å²) in [5.74, 6) is 0.632. The quantitative estimate of drug-likeness (QED) is 0.270. The normalized spacial score (nSPS) is 14.2. The molecule has 4 aromatic rings. The molecule has 3 heterocycles. The molecular weight excluding hydrogens is 542 g/mol. The number of hydrogen-bond donors (Lipinski definition) is 3. The van der Waals surface area contributed by atoms with Gasteiger partial charge >= 0.3 is 0 Å². The number of carbonyl (C=O) groups excluding carboxylic acids is 2. The van der Waals surface area contributed by atoms with Crippen LogP contribution in [0.25, 0.3) is 16.6 Å². The molecule has 0 unspecified atom stereocenters. The number of methoxy groups -OCH3 is 1. The standard InChI is InChI=1S/C30H34ClN7O3/c1-18-24-17-33-29(16-26(24)38(36-18)23-13-19(4-7-28(32)39)12-21(31)15-23)35-25-6-5-20(14-27(25)41-3)30(40)34-22-8-10-37(2)11-9-22/h5-6,12-17,22H,4,7-11H2,1-3H3,(H2,32,39)(H,33,35)(H,34,40). The Morgan fingerprint density at radius 3 is 2.66 bits per heavy atom. The number of fused-ring (bicyclic) bond motifs is 1. The summed E-state index contributed by atoms with van der Waals surface area (Å²) in [5.41, 5.74) is 9.86. The number of pyridine rings is 1. The van der Waals surface area contributed by atoms with Gasteiger partial charge in [0, 0.05) is 40.7 Å². The number of nitrogens with two attached hydrogens (primary N) is 1. The van der Waals surface area contributed by atoms with Crippen LogP contribution < -0.4 is 21.1 Å². The van der Waals surface area contributed by atoms with Gasteiger partial charge < -0.3 is 26.0 Å². The van der Waals surface area contributed by atoms with E-state index in [2.05, 4.69) is 27.6 Å². The molecule has 5 rings (SSSR count). The van der Waals surface area contributed by atoms with Gasteiger partial charge in [-0.05, 0) is 88.3 Å². The lowest BCUT2D eigenvalue weighted by Gasteiger charge is -2.29. The van der Waals surface area contributed by atoms with E-state index in [9.17, 15) is 9.59 Å². The molecular formula is C30H34ClN7O3. The minimum absolute atomic E-state index is 0.111. The van der Waals surface area contributed by atoms with Gasteiger partial charge in [-0.15, -0.1) is 0 Å². The van der Waals surface area contributed by atoms with E-state index in [1.807, 2.05) is 41.9 Å². The van der Waals surface area contributed by atoms with Gasteiger partial charge in [0.2, 0.25) is 5.91 Å². The van der Waals surface area contributed by atoms with Crippen LogP contribution in [0.1, 0.15) is 40.9 Å². The summed E-state index contributed by atoms with van der Waals surface area (Å²) in [6, 6.07) is 13.0. The maximum Gasteiger partial charge on any atom is 0.251 e. The lowest BCUT2D eigenvalue weighted by atomic mass is 10.0. The fourth-order valence-corrected chi connectivity index (χ4v) is 5.34. The highest BCUT2D eigenvalue weighted by molar-refractivity contribution is 6.30. The Labute approximate surface area is 243 Å². The molecule has 2 amide bonds. The number of likely N-dealkylation sites (tertiary alicyclic amines) is 1. The van der Waals surface area contributed by atoms with Crippen molar-refractivity contribution < 1.29 is 14.3 Å². The Bertz CT molecular complexity index is 1590. The average Bonchev–Trinajstić information content (AvgIpc) is 3.28. The number of anilines is 2. The summed E-state index contributed by atoms with van der Waals surface area (Å²) in [5, 5.41) is 12.6. The van der Waals surface area contributed by atoms with E-state index >= 15 is 0 Å². The number of benzene rings is 2. The van der Waals surface area contributed by atoms with Crippen molar-refractivity contribution in [1.82, 2.24) is 25.0 Å². The van der Waals surface area contributed by atoms with Crippen LogP contribution in [-0.2, 0) is 11.2 Å². The van der Waals surface area contributed by atoms with Crippen molar-refractivity contribution >= 4 is 45.8 Å². The Hall–Kier alpha value is -4.15. The van der Waals surface area contributed by atoms with Crippen LogP contribution in [0.3, 0.4) is 0 Å². The molecule has 1 fully saturated rings. The SMILES string of the molecule is COc1cc(C(=O)NC2CCN(C)CC2)ccc1Nc1cc2c(cn1)c(C)nn2-c1cc(Cl)cc(CCC(N)=O)c1. The van der Waals surface area contributed by atoms with Crippen LogP contribution in [0.5, 0.6) is 5.75 Å². The number of amides is 2. The molecule has 1 saturated heterocycles. The number of nitrogens with one attached hydrogen (secondary N) is 2. The Kier molecular flexibility index (Phi) is 8.41. The first-order valence-electron chi connectivity index (χ1n) is 13.6. The van der Waals surface area contributed by atoms with Crippen LogP contribution in [0, 0.1) is 6.92 Å². The topological polar surface area (TPSA) is 127 Å². The third-order valence-corrected chi connectivity index (χ3v) is 7.60. The third kappa shape index (κ3) is 6.61. The van der Waals surface area contributed by atoms with Crippen molar-refractivity contribution in [1.29, 1.82) is 0 Å². The molecule has 0 saturated carbocycles. The van der Waals surface area contributed by atoms with Gasteiger partial charge in [0.05, 0.1) is 29.7 Å². The Morgan fingerprint density at radius 2 is 1.93 bits per heavy atom. The summed E-state index contributed by atoms with van der Waals surface area (Å²) in [7, 11) is 3.67. The number of carbonyl (C=O) groups is 2. The monoisotopic (exact) mass is 575 g/mol. The van der Waals surface area contributed by atoms with Gasteiger partial charge in [-0.25, -0.2) is 9.67 Å². The predicted octanol–water partition coefficient (Wildman–Crippen LogP) is 4.38. The first-order valence-corrected chi connectivity index (χ1v) is 14.0. The molecule has 0 radical (unpaired) electrons. The van der Waals surface area contributed by atoms with Gasteiger partial charge in [-0.3, -0.25) is 9.59 Å². The van der Waals surface area contributed by atoms with Crippen LogP contribution in [-0.4, -0.2) is 64.8 Å². The molecule has 2 aromatic heterocycles.